The maximum Gasteiger partial charge on any atom is 0.339 e. The van der Waals surface area contributed by atoms with Gasteiger partial charge in [0, 0.05) is 6.54 Å². The topological polar surface area (TPSA) is 72.9 Å². The average molecular weight is 355 g/mol. The number of halogens is 1. The summed E-state index contributed by atoms with van der Waals surface area (Å²) in [6.07, 6.45) is 0.845. The Morgan fingerprint density at radius 1 is 1.24 bits per heavy atom. The molecule has 21 heavy (non-hydrogen) atoms. The molecule has 0 fully saturated rings. The zero-order valence-corrected chi connectivity index (χ0v) is 14.2. The number of carbonyl (C=O) groups is 1. The molecule has 0 saturated heterocycles. The minimum Gasteiger partial charge on any atom is -0.478 e. The van der Waals surface area contributed by atoms with E-state index in [0.29, 0.717) is 17.9 Å². The van der Waals surface area contributed by atoms with Crippen molar-refractivity contribution in [3.63, 3.8) is 0 Å². The smallest absolute Gasteiger partial charge is 0.339 e. The second-order valence-corrected chi connectivity index (χ2v) is 5.68. The number of aromatic carboxylic acids is 1. The summed E-state index contributed by atoms with van der Waals surface area (Å²) >= 11 is 3.60. The van der Waals surface area contributed by atoms with Crippen LogP contribution in [-0.2, 0) is 19.5 Å². The maximum atomic E-state index is 11.3. The standard InChI is InChI=1S/C14H19BrN4O2/c1-5-10-13(15)11(18(6-2)17-10)7-19-9(4)12(14(20)21)8(3)16-19/h5-7H2,1-4H3,(H,20,21). The summed E-state index contributed by atoms with van der Waals surface area (Å²) in [6.45, 7) is 8.86. The van der Waals surface area contributed by atoms with Crippen molar-refractivity contribution in [1.29, 1.82) is 0 Å². The summed E-state index contributed by atoms with van der Waals surface area (Å²) in [6, 6.07) is 0. The maximum absolute atomic E-state index is 11.3. The number of aryl methyl sites for hydroxylation is 3. The largest absolute Gasteiger partial charge is 0.478 e. The molecule has 0 bridgehead atoms. The molecule has 6 nitrogen and oxygen atoms in total. The Balaban J connectivity index is 2.46. The fourth-order valence-electron chi connectivity index (χ4n) is 2.47. The molecular weight excluding hydrogens is 336 g/mol. The van der Waals surface area contributed by atoms with Gasteiger partial charge in [0.2, 0.25) is 0 Å². The van der Waals surface area contributed by atoms with Gasteiger partial charge in [-0.1, -0.05) is 6.92 Å². The highest BCUT2D eigenvalue weighted by Gasteiger charge is 2.20. The van der Waals surface area contributed by atoms with Crippen LogP contribution in [0.2, 0.25) is 0 Å². The van der Waals surface area contributed by atoms with E-state index in [9.17, 15) is 9.90 Å². The molecule has 0 unspecified atom stereocenters. The van der Waals surface area contributed by atoms with Crippen molar-refractivity contribution >= 4 is 21.9 Å². The molecule has 0 aliphatic rings. The van der Waals surface area contributed by atoms with Gasteiger partial charge in [0.1, 0.15) is 5.56 Å². The molecule has 0 spiro atoms. The molecule has 114 valence electrons. The Kier molecular flexibility index (Phi) is 4.51. The lowest BCUT2D eigenvalue weighted by Crippen LogP contribution is -2.11. The van der Waals surface area contributed by atoms with E-state index in [1.165, 1.54) is 0 Å². The summed E-state index contributed by atoms with van der Waals surface area (Å²) in [5.74, 6) is -0.937. The van der Waals surface area contributed by atoms with Crippen LogP contribution >= 0.6 is 15.9 Å². The second-order valence-electron chi connectivity index (χ2n) is 4.89. The summed E-state index contributed by atoms with van der Waals surface area (Å²) in [5.41, 5.74) is 3.50. The van der Waals surface area contributed by atoms with Gasteiger partial charge in [-0.05, 0) is 43.1 Å². The Bertz CT molecular complexity index is 688. The molecule has 7 heteroatoms. The van der Waals surface area contributed by atoms with E-state index in [1.54, 1.807) is 18.5 Å². The number of hydrogen-bond donors (Lipinski definition) is 1. The Morgan fingerprint density at radius 2 is 1.90 bits per heavy atom. The van der Waals surface area contributed by atoms with E-state index in [0.717, 1.165) is 28.8 Å². The van der Waals surface area contributed by atoms with Gasteiger partial charge in [0.15, 0.2) is 0 Å². The number of nitrogens with zero attached hydrogens (tertiary/aromatic N) is 4. The molecule has 0 saturated carbocycles. The van der Waals surface area contributed by atoms with Gasteiger partial charge in [-0.25, -0.2) is 4.79 Å². The first-order valence-electron chi connectivity index (χ1n) is 6.91. The van der Waals surface area contributed by atoms with Crippen molar-refractivity contribution < 1.29 is 9.90 Å². The monoisotopic (exact) mass is 354 g/mol. The van der Waals surface area contributed by atoms with Crippen LogP contribution in [0.1, 0.15) is 47.0 Å². The van der Waals surface area contributed by atoms with Crippen LogP contribution in [0.15, 0.2) is 4.47 Å². The molecular formula is C14H19BrN4O2. The number of hydrogen-bond acceptors (Lipinski definition) is 3. The highest BCUT2D eigenvalue weighted by atomic mass is 79.9. The quantitative estimate of drug-likeness (QED) is 0.895. The van der Waals surface area contributed by atoms with Gasteiger partial charge >= 0.3 is 5.97 Å². The first kappa shape index (κ1) is 15.8. The number of carboxylic acid groups (broad SMARTS) is 1. The highest BCUT2D eigenvalue weighted by Crippen LogP contribution is 2.24. The van der Waals surface area contributed by atoms with Crippen molar-refractivity contribution in [2.75, 3.05) is 0 Å². The molecule has 0 aliphatic carbocycles. The third kappa shape index (κ3) is 2.74. The summed E-state index contributed by atoms with van der Waals surface area (Å²) < 4.78 is 4.64. The zero-order chi connectivity index (χ0) is 15.7. The lowest BCUT2D eigenvalue weighted by Gasteiger charge is -2.08. The molecule has 0 amide bonds. The van der Waals surface area contributed by atoms with Crippen molar-refractivity contribution in [1.82, 2.24) is 19.6 Å². The van der Waals surface area contributed by atoms with E-state index in [1.807, 2.05) is 11.6 Å². The molecule has 2 rings (SSSR count). The van der Waals surface area contributed by atoms with Gasteiger partial charge in [0.05, 0.1) is 33.8 Å². The predicted molar refractivity (Wildman–Crippen MR) is 82.7 cm³/mol. The number of rotatable bonds is 5. The fourth-order valence-corrected chi connectivity index (χ4v) is 3.16. The minimum atomic E-state index is -0.937. The molecule has 2 aromatic heterocycles. The van der Waals surface area contributed by atoms with Crippen LogP contribution in [0.4, 0.5) is 0 Å². The minimum absolute atomic E-state index is 0.282. The van der Waals surface area contributed by atoms with E-state index >= 15 is 0 Å². The summed E-state index contributed by atoms with van der Waals surface area (Å²) in [4.78, 5) is 11.3. The molecule has 2 aromatic rings. The summed E-state index contributed by atoms with van der Waals surface area (Å²) in [5, 5.41) is 18.1. The predicted octanol–water partition coefficient (Wildman–Crippen LogP) is 2.79. The zero-order valence-electron chi connectivity index (χ0n) is 12.6. The van der Waals surface area contributed by atoms with Crippen molar-refractivity contribution in [3.8, 4) is 0 Å². The van der Waals surface area contributed by atoms with Crippen molar-refractivity contribution in [2.45, 2.75) is 47.2 Å². The first-order valence-corrected chi connectivity index (χ1v) is 7.71. The fraction of sp³-hybridized carbons (Fsp3) is 0.500. The lowest BCUT2D eigenvalue weighted by atomic mass is 10.2. The van der Waals surface area contributed by atoms with Crippen LogP contribution in [0.5, 0.6) is 0 Å². The first-order chi connectivity index (χ1) is 9.90. The third-order valence-electron chi connectivity index (χ3n) is 3.59. The van der Waals surface area contributed by atoms with Crippen LogP contribution in [-0.4, -0.2) is 30.6 Å². The van der Waals surface area contributed by atoms with Crippen LogP contribution < -0.4 is 0 Å². The number of aromatic nitrogens is 4. The normalized spacial score (nSPS) is 11.1. The Morgan fingerprint density at radius 3 is 2.38 bits per heavy atom. The van der Waals surface area contributed by atoms with E-state index in [-0.39, 0.29) is 5.56 Å². The van der Waals surface area contributed by atoms with Crippen LogP contribution in [0.25, 0.3) is 0 Å². The SMILES string of the molecule is CCc1nn(CC)c(Cn2nc(C)c(C(=O)O)c2C)c1Br. The van der Waals surface area contributed by atoms with Crippen molar-refractivity contribution in [3.05, 3.63) is 32.8 Å². The van der Waals surface area contributed by atoms with Crippen molar-refractivity contribution in [2.24, 2.45) is 0 Å². The van der Waals surface area contributed by atoms with E-state index in [2.05, 4.69) is 33.1 Å². The van der Waals surface area contributed by atoms with E-state index < -0.39 is 5.97 Å². The van der Waals surface area contributed by atoms with Gasteiger partial charge in [-0.2, -0.15) is 10.2 Å². The van der Waals surface area contributed by atoms with Gasteiger partial charge in [0.25, 0.3) is 0 Å². The van der Waals surface area contributed by atoms with Gasteiger partial charge in [-0.3, -0.25) is 9.36 Å². The number of carboxylic acids is 1. The molecule has 1 N–H and O–H groups in total. The highest BCUT2D eigenvalue weighted by molar-refractivity contribution is 9.10. The molecule has 0 atom stereocenters. The molecule has 0 aliphatic heterocycles. The Labute approximate surface area is 131 Å². The van der Waals surface area contributed by atoms with Gasteiger partial charge < -0.3 is 5.11 Å². The lowest BCUT2D eigenvalue weighted by molar-refractivity contribution is 0.0695. The molecule has 0 aromatic carbocycles. The van der Waals surface area contributed by atoms with E-state index in [4.69, 9.17) is 0 Å². The third-order valence-corrected chi connectivity index (χ3v) is 4.50. The van der Waals surface area contributed by atoms with Crippen LogP contribution in [0, 0.1) is 13.8 Å². The second kappa shape index (κ2) is 6.01. The average Bonchev–Trinajstić information content (AvgIpc) is 2.88. The summed E-state index contributed by atoms with van der Waals surface area (Å²) in [7, 11) is 0. The Hall–Kier alpha value is -1.63. The van der Waals surface area contributed by atoms with Gasteiger partial charge in [-0.15, -0.1) is 0 Å². The molecule has 0 radical (unpaired) electrons. The molecule has 2 heterocycles. The van der Waals surface area contributed by atoms with Crippen LogP contribution in [0.3, 0.4) is 0 Å².